The molecular weight excluding hydrogens is 234 g/mol. The number of rotatable bonds is 4. The topological polar surface area (TPSA) is 20.3 Å². The summed E-state index contributed by atoms with van der Waals surface area (Å²) in [6, 6.07) is 8.01. The summed E-state index contributed by atoms with van der Waals surface area (Å²) in [7, 11) is 0. The van der Waals surface area contributed by atoms with Gasteiger partial charge in [-0.25, -0.2) is 0 Å². The number of fused-ring (bicyclic) bond motifs is 1. The summed E-state index contributed by atoms with van der Waals surface area (Å²) in [5.74, 6) is 1.12. The summed E-state index contributed by atoms with van der Waals surface area (Å²) in [6.07, 6.45) is 1.00. The average Bonchev–Trinajstić information content (AvgIpc) is 2.69. The van der Waals surface area contributed by atoms with Gasteiger partial charge in [-0.3, -0.25) is 4.79 Å². The van der Waals surface area contributed by atoms with E-state index in [1.54, 1.807) is 0 Å². The van der Waals surface area contributed by atoms with Crippen molar-refractivity contribution >= 4 is 5.91 Å². The van der Waals surface area contributed by atoms with Gasteiger partial charge in [0, 0.05) is 17.6 Å². The van der Waals surface area contributed by atoms with Crippen molar-refractivity contribution in [3.63, 3.8) is 0 Å². The van der Waals surface area contributed by atoms with Crippen molar-refractivity contribution in [2.24, 2.45) is 11.8 Å². The first-order valence-electron chi connectivity index (χ1n) is 7.35. The smallest absolute Gasteiger partial charge is 0.254 e. The number of carbonyl (C=O) groups is 1. The van der Waals surface area contributed by atoms with Crippen LogP contribution in [0.5, 0.6) is 0 Å². The Bertz CT molecular complexity index is 468. The minimum atomic E-state index is -0.0455. The Labute approximate surface area is 116 Å². The van der Waals surface area contributed by atoms with Crippen molar-refractivity contribution in [3.8, 4) is 0 Å². The Morgan fingerprint density at radius 3 is 2.21 bits per heavy atom. The molecule has 0 unspecified atom stereocenters. The number of carbonyl (C=O) groups excluding carboxylic acids is 1. The first kappa shape index (κ1) is 14.1. The highest BCUT2D eigenvalue weighted by Gasteiger charge is 2.46. The summed E-state index contributed by atoms with van der Waals surface area (Å²) in [5.41, 5.74) is 2.02. The van der Waals surface area contributed by atoms with E-state index >= 15 is 0 Å². The van der Waals surface area contributed by atoms with Crippen LogP contribution in [0.4, 0.5) is 0 Å². The van der Waals surface area contributed by atoms with Gasteiger partial charge < -0.3 is 4.90 Å². The van der Waals surface area contributed by atoms with E-state index in [1.807, 2.05) is 18.2 Å². The molecule has 0 aromatic heterocycles. The zero-order valence-electron chi connectivity index (χ0n) is 12.7. The van der Waals surface area contributed by atoms with Crippen molar-refractivity contribution in [2.45, 2.75) is 53.1 Å². The molecule has 19 heavy (non-hydrogen) atoms. The molecule has 0 saturated carbocycles. The maximum Gasteiger partial charge on any atom is 0.254 e. The van der Waals surface area contributed by atoms with Crippen molar-refractivity contribution in [2.75, 3.05) is 0 Å². The predicted octanol–water partition coefficient (Wildman–Crippen LogP) is 4.10. The Hall–Kier alpha value is -1.31. The fraction of sp³-hybridized carbons (Fsp3) is 0.588. The van der Waals surface area contributed by atoms with Crippen LogP contribution in [0.3, 0.4) is 0 Å². The predicted molar refractivity (Wildman–Crippen MR) is 79.0 cm³/mol. The first-order chi connectivity index (χ1) is 8.95. The molecule has 0 bridgehead atoms. The second-order valence-corrected chi connectivity index (χ2v) is 6.20. The summed E-state index contributed by atoms with van der Waals surface area (Å²) in [5, 5.41) is 0. The Kier molecular flexibility index (Phi) is 3.71. The minimum Gasteiger partial charge on any atom is -0.328 e. The van der Waals surface area contributed by atoms with Crippen molar-refractivity contribution in [1.29, 1.82) is 0 Å². The lowest BCUT2D eigenvalue weighted by Crippen LogP contribution is -2.55. The van der Waals surface area contributed by atoms with Crippen LogP contribution in [0.1, 0.15) is 57.0 Å². The number of hydrogen-bond acceptors (Lipinski definition) is 1. The molecule has 0 N–H and O–H groups in total. The summed E-state index contributed by atoms with van der Waals surface area (Å²) < 4.78 is 0. The van der Waals surface area contributed by atoms with E-state index in [1.165, 1.54) is 5.56 Å². The van der Waals surface area contributed by atoms with Gasteiger partial charge in [0.1, 0.15) is 0 Å². The van der Waals surface area contributed by atoms with Crippen LogP contribution in [0.15, 0.2) is 24.3 Å². The molecule has 2 nitrogen and oxygen atoms in total. The second-order valence-electron chi connectivity index (χ2n) is 6.20. The van der Waals surface area contributed by atoms with Crippen LogP contribution < -0.4 is 0 Å². The fourth-order valence-corrected chi connectivity index (χ4v) is 3.89. The van der Waals surface area contributed by atoms with Crippen LogP contribution in [0.25, 0.3) is 0 Å². The highest BCUT2D eigenvalue weighted by atomic mass is 16.2. The van der Waals surface area contributed by atoms with E-state index in [0.29, 0.717) is 11.8 Å². The van der Waals surface area contributed by atoms with E-state index in [9.17, 15) is 4.79 Å². The molecule has 0 aliphatic carbocycles. The quantitative estimate of drug-likeness (QED) is 0.797. The highest BCUT2D eigenvalue weighted by Crippen LogP contribution is 2.41. The molecule has 1 heterocycles. The number of nitrogens with zero attached hydrogens (tertiary/aromatic N) is 1. The molecule has 1 aliphatic heterocycles. The summed E-state index contributed by atoms with van der Waals surface area (Å²) in [4.78, 5) is 14.9. The molecule has 2 rings (SSSR count). The van der Waals surface area contributed by atoms with Gasteiger partial charge in [-0.05, 0) is 29.9 Å². The number of benzene rings is 1. The number of amides is 1. The van der Waals surface area contributed by atoms with Gasteiger partial charge in [-0.2, -0.15) is 0 Å². The lowest BCUT2D eigenvalue weighted by atomic mass is 9.73. The van der Waals surface area contributed by atoms with E-state index in [-0.39, 0.29) is 11.4 Å². The van der Waals surface area contributed by atoms with Gasteiger partial charge in [0.15, 0.2) is 0 Å². The minimum absolute atomic E-state index is 0.0455. The second kappa shape index (κ2) is 4.99. The standard InChI is InChI=1S/C17H25NO/c1-6-17(12(2)3,13(4)5)18-11-14-9-7-8-10-15(14)16(18)19/h7-10,12-13H,6,11H2,1-5H3. The first-order valence-corrected chi connectivity index (χ1v) is 7.35. The van der Waals surface area contributed by atoms with Gasteiger partial charge in [0.25, 0.3) is 5.91 Å². The molecule has 1 aromatic carbocycles. The van der Waals surface area contributed by atoms with E-state index in [4.69, 9.17) is 0 Å². The molecule has 0 spiro atoms. The molecule has 0 saturated heterocycles. The maximum absolute atomic E-state index is 12.7. The van der Waals surface area contributed by atoms with E-state index < -0.39 is 0 Å². The molecule has 2 heteroatoms. The molecule has 0 radical (unpaired) electrons. The molecular formula is C17H25NO. The van der Waals surface area contributed by atoms with Crippen molar-refractivity contribution in [1.82, 2.24) is 4.90 Å². The van der Waals surface area contributed by atoms with Crippen LogP contribution in [0.2, 0.25) is 0 Å². The molecule has 1 aromatic rings. The monoisotopic (exact) mass is 259 g/mol. The Morgan fingerprint density at radius 1 is 1.16 bits per heavy atom. The molecule has 0 atom stereocenters. The molecule has 1 aliphatic rings. The SMILES string of the molecule is CCC(C(C)C)(C(C)C)N1Cc2ccccc2C1=O. The van der Waals surface area contributed by atoms with Gasteiger partial charge >= 0.3 is 0 Å². The third kappa shape index (κ3) is 1.98. The normalized spacial score (nSPS) is 15.5. The van der Waals surface area contributed by atoms with Crippen molar-refractivity contribution < 1.29 is 4.79 Å². The van der Waals surface area contributed by atoms with Gasteiger partial charge in [-0.1, -0.05) is 52.8 Å². The van der Waals surface area contributed by atoms with Crippen LogP contribution in [-0.2, 0) is 6.54 Å². The largest absolute Gasteiger partial charge is 0.328 e. The van der Waals surface area contributed by atoms with Crippen LogP contribution in [0, 0.1) is 11.8 Å². The summed E-state index contributed by atoms with van der Waals surface area (Å²) in [6.45, 7) is 11.9. The number of hydrogen-bond donors (Lipinski definition) is 0. The zero-order valence-corrected chi connectivity index (χ0v) is 12.7. The lowest BCUT2D eigenvalue weighted by Gasteiger charge is -2.48. The van der Waals surface area contributed by atoms with Gasteiger partial charge in [-0.15, -0.1) is 0 Å². The Balaban J connectivity index is 2.45. The highest BCUT2D eigenvalue weighted by molar-refractivity contribution is 5.98. The third-order valence-electron chi connectivity index (χ3n) is 4.89. The van der Waals surface area contributed by atoms with Crippen LogP contribution in [-0.4, -0.2) is 16.3 Å². The van der Waals surface area contributed by atoms with Gasteiger partial charge in [0.05, 0.1) is 0 Å². The van der Waals surface area contributed by atoms with E-state index in [2.05, 4.69) is 45.6 Å². The molecule has 1 amide bonds. The lowest BCUT2D eigenvalue weighted by molar-refractivity contribution is 0.00586. The Morgan fingerprint density at radius 2 is 1.74 bits per heavy atom. The maximum atomic E-state index is 12.7. The fourth-order valence-electron chi connectivity index (χ4n) is 3.89. The molecule has 104 valence electrons. The summed E-state index contributed by atoms with van der Waals surface area (Å²) >= 11 is 0. The third-order valence-corrected chi connectivity index (χ3v) is 4.89. The van der Waals surface area contributed by atoms with Gasteiger partial charge in [0.2, 0.25) is 0 Å². The molecule has 0 fully saturated rings. The zero-order chi connectivity index (χ0) is 14.2. The average molecular weight is 259 g/mol. The van der Waals surface area contributed by atoms with E-state index in [0.717, 1.165) is 18.5 Å². The van der Waals surface area contributed by atoms with Crippen LogP contribution >= 0.6 is 0 Å². The van der Waals surface area contributed by atoms with Crippen molar-refractivity contribution in [3.05, 3.63) is 35.4 Å².